The number of hydrogen-bond acceptors (Lipinski definition) is 2. The molecule has 15 heavy (non-hydrogen) atoms. The summed E-state index contributed by atoms with van der Waals surface area (Å²) in [7, 11) is 0. The number of hydrogen-bond donors (Lipinski definition) is 0. The van der Waals surface area contributed by atoms with Gasteiger partial charge < -0.3 is 9.47 Å². The first-order valence-corrected chi connectivity index (χ1v) is 6.29. The number of fused-ring (bicyclic) bond motifs is 1. The lowest BCUT2D eigenvalue weighted by molar-refractivity contribution is -0.141. The lowest BCUT2D eigenvalue weighted by Gasteiger charge is -2.40. The molecule has 88 valence electrons. The van der Waals surface area contributed by atoms with Gasteiger partial charge in [-0.2, -0.15) is 0 Å². The molecular weight excluding hydrogens is 188 g/mol. The lowest BCUT2D eigenvalue weighted by Crippen LogP contribution is -2.36. The molecule has 0 bridgehead atoms. The Morgan fingerprint density at radius 2 is 2.07 bits per heavy atom. The van der Waals surface area contributed by atoms with E-state index < -0.39 is 0 Å². The molecule has 2 nitrogen and oxygen atoms in total. The highest BCUT2D eigenvalue weighted by Gasteiger charge is 2.46. The molecule has 0 aromatic rings. The van der Waals surface area contributed by atoms with Crippen LogP contribution in [0.15, 0.2) is 0 Å². The highest BCUT2D eigenvalue weighted by atomic mass is 16.7. The van der Waals surface area contributed by atoms with Crippen molar-refractivity contribution < 1.29 is 9.47 Å². The first-order chi connectivity index (χ1) is 7.02. The van der Waals surface area contributed by atoms with Crippen molar-refractivity contribution in [2.75, 3.05) is 6.61 Å². The van der Waals surface area contributed by atoms with Crippen molar-refractivity contribution in [2.24, 2.45) is 17.3 Å². The van der Waals surface area contributed by atoms with Crippen LogP contribution in [-0.2, 0) is 9.47 Å². The van der Waals surface area contributed by atoms with E-state index in [1.807, 2.05) is 6.92 Å². The van der Waals surface area contributed by atoms with Crippen LogP contribution in [0.1, 0.15) is 47.0 Å². The number of rotatable bonds is 2. The minimum atomic E-state index is 0.0707. The minimum absolute atomic E-state index is 0.0707. The SMILES string of the molecule is CCOC1C[C@H]2[C@H](C)CC(C)(C)C[C@H]2O1. The van der Waals surface area contributed by atoms with Crippen LogP contribution in [0.25, 0.3) is 0 Å². The summed E-state index contributed by atoms with van der Waals surface area (Å²) < 4.78 is 11.6. The summed E-state index contributed by atoms with van der Waals surface area (Å²) in [5.41, 5.74) is 0.446. The summed E-state index contributed by atoms with van der Waals surface area (Å²) >= 11 is 0. The van der Waals surface area contributed by atoms with Crippen molar-refractivity contribution in [3.63, 3.8) is 0 Å². The van der Waals surface area contributed by atoms with Crippen molar-refractivity contribution >= 4 is 0 Å². The van der Waals surface area contributed by atoms with Gasteiger partial charge in [0.2, 0.25) is 0 Å². The summed E-state index contributed by atoms with van der Waals surface area (Å²) in [4.78, 5) is 0. The van der Waals surface area contributed by atoms with Gasteiger partial charge in [0.15, 0.2) is 6.29 Å². The molecule has 0 spiro atoms. The monoisotopic (exact) mass is 212 g/mol. The van der Waals surface area contributed by atoms with E-state index >= 15 is 0 Å². The van der Waals surface area contributed by atoms with Gasteiger partial charge in [-0.05, 0) is 37.0 Å². The second-order valence-electron chi connectivity index (χ2n) is 6.01. The second kappa shape index (κ2) is 4.06. The fraction of sp³-hybridized carbons (Fsp3) is 1.00. The van der Waals surface area contributed by atoms with Crippen molar-refractivity contribution in [1.29, 1.82) is 0 Å². The molecule has 0 aromatic heterocycles. The molecule has 1 heterocycles. The molecule has 0 radical (unpaired) electrons. The van der Waals surface area contributed by atoms with Gasteiger partial charge in [0, 0.05) is 13.0 Å². The third-order valence-corrected chi connectivity index (χ3v) is 3.98. The van der Waals surface area contributed by atoms with E-state index in [2.05, 4.69) is 20.8 Å². The van der Waals surface area contributed by atoms with Crippen molar-refractivity contribution in [2.45, 2.75) is 59.4 Å². The Morgan fingerprint density at radius 3 is 2.73 bits per heavy atom. The third-order valence-electron chi connectivity index (χ3n) is 3.98. The standard InChI is InChI=1S/C13H24O2/c1-5-14-12-6-10-9(2)7-13(3,4)8-11(10)15-12/h9-12H,5-8H2,1-4H3/t9-,10+,11-,12?/m1/s1. The fourth-order valence-corrected chi connectivity index (χ4v) is 3.47. The zero-order chi connectivity index (χ0) is 11.1. The van der Waals surface area contributed by atoms with E-state index in [0.29, 0.717) is 11.5 Å². The summed E-state index contributed by atoms with van der Waals surface area (Å²) in [5, 5.41) is 0. The van der Waals surface area contributed by atoms with Crippen molar-refractivity contribution in [3.05, 3.63) is 0 Å². The normalized spacial score (nSPS) is 44.0. The van der Waals surface area contributed by atoms with Crippen LogP contribution in [0.5, 0.6) is 0 Å². The molecule has 1 aliphatic heterocycles. The van der Waals surface area contributed by atoms with E-state index in [0.717, 1.165) is 24.9 Å². The zero-order valence-corrected chi connectivity index (χ0v) is 10.5. The van der Waals surface area contributed by atoms with Gasteiger partial charge in [0.05, 0.1) is 6.10 Å². The summed E-state index contributed by atoms with van der Waals surface area (Å²) in [5.74, 6) is 1.51. The maximum absolute atomic E-state index is 5.99. The Labute approximate surface area is 93.3 Å². The highest BCUT2D eigenvalue weighted by Crippen LogP contribution is 2.48. The topological polar surface area (TPSA) is 18.5 Å². The first kappa shape index (κ1) is 11.4. The van der Waals surface area contributed by atoms with Gasteiger partial charge in [-0.25, -0.2) is 0 Å². The van der Waals surface area contributed by atoms with Crippen LogP contribution in [-0.4, -0.2) is 19.0 Å². The smallest absolute Gasteiger partial charge is 0.158 e. The maximum Gasteiger partial charge on any atom is 0.158 e. The Morgan fingerprint density at radius 1 is 1.33 bits per heavy atom. The van der Waals surface area contributed by atoms with E-state index in [9.17, 15) is 0 Å². The van der Waals surface area contributed by atoms with Crippen LogP contribution in [0.4, 0.5) is 0 Å². The van der Waals surface area contributed by atoms with Gasteiger partial charge in [-0.15, -0.1) is 0 Å². The average molecular weight is 212 g/mol. The molecule has 2 rings (SSSR count). The van der Waals surface area contributed by atoms with Crippen LogP contribution in [0.3, 0.4) is 0 Å². The van der Waals surface area contributed by atoms with Crippen molar-refractivity contribution in [1.82, 2.24) is 0 Å². The average Bonchev–Trinajstić information content (AvgIpc) is 2.46. The molecule has 1 aliphatic carbocycles. The van der Waals surface area contributed by atoms with Crippen LogP contribution in [0, 0.1) is 17.3 Å². The van der Waals surface area contributed by atoms with Gasteiger partial charge in [-0.3, -0.25) is 0 Å². The summed E-state index contributed by atoms with van der Waals surface area (Å²) in [6.45, 7) is 9.89. The Kier molecular flexibility index (Phi) is 3.09. The molecule has 1 unspecified atom stereocenters. The molecule has 0 aromatic carbocycles. The van der Waals surface area contributed by atoms with E-state index in [1.54, 1.807) is 0 Å². The molecule has 2 aliphatic rings. The maximum atomic E-state index is 5.99. The van der Waals surface area contributed by atoms with Gasteiger partial charge >= 0.3 is 0 Å². The highest BCUT2D eigenvalue weighted by molar-refractivity contribution is 4.93. The lowest BCUT2D eigenvalue weighted by atomic mass is 9.66. The molecule has 1 saturated heterocycles. The summed E-state index contributed by atoms with van der Waals surface area (Å²) in [6.07, 6.45) is 4.15. The predicted octanol–water partition coefficient (Wildman–Crippen LogP) is 3.21. The molecule has 2 heteroatoms. The molecule has 0 N–H and O–H groups in total. The minimum Gasteiger partial charge on any atom is -0.353 e. The molecule has 0 amide bonds. The van der Waals surface area contributed by atoms with E-state index in [1.165, 1.54) is 12.8 Å². The van der Waals surface area contributed by atoms with Gasteiger partial charge in [0.1, 0.15) is 0 Å². The third kappa shape index (κ3) is 2.36. The van der Waals surface area contributed by atoms with E-state index in [4.69, 9.17) is 9.47 Å². The van der Waals surface area contributed by atoms with Crippen LogP contribution >= 0.6 is 0 Å². The fourth-order valence-electron chi connectivity index (χ4n) is 3.47. The Balaban J connectivity index is 2.00. The summed E-state index contributed by atoms with van der Waals surface area (Å²) in [6, 6.07) is 0. The molecule has 1 saturated carbocycles. The quantitative estimate of drug-likeness (QED) is 0.699. The van der Waals surface area contributed by atoms with E-state index in [-0.39, 0.29) is 6.29 Å². The van der Waals surface area contributed by atoms with Gasteiger partial charge in [-0.1, -0.05) is 20.8 Å². The van der Waals surface area contributed by atoms with Crippen LogP contribution in [0.2, 0.25) is 0 Å². The first-order valence-electron chi connectivity index (χ1n) is 6.29. The Bertz CT molecular complexity index is 225. The molecule has 2 fully saturated rings. The largest absolute Gasteiger partial charge is 0.353 e. The molecule has 4 atom stereocenters. The van der Waals surface area contributed by atoms with Crippen molar-refractivity contribution in [3.8, 4) is 0 Å². The van der Waals surface area contributed by atoms with Gasteiger partial charge in [0.25, 0.3) is 0 Å². The Hall–Kier alpha value is -0.0800. The second-order valence-corrected chi connectivity index (χ2v) is 6.01. The van der Waals surface area contributed by atoms with Crippen LogP contribution < -0.4 is 0 Å². The molecular formula is C13H24O2. The zero-order valence-electron chi connectivity index (χ0n) is 10.5. The number of ether oxygens (including phenoxy) is 2. The predicted molar refractivity (Wildman–Crippen MR) is 60.6 cm³/mol.